The van der Waals surface area contributed by atoms with Gasteiger partial charge in [-0.2, -0.15) is 0 Å². The predicted molar refractivity (Wildman–Crippen MR) is 70.8 cm³/mol. The van der Waals surface area contributed by atoms with Gasteiger partial charge in [-0.25, -0.2) is 0 Å². The lowest BCUT2D eigenvalue weighted by atomic mass is 9.81. The summed E-state index contributed by atoms with van der Waals surface area (Å²) in [5.74, 6) is -1.80. The number of carbonyl (C=O) groups excluding carboxylic acids is 2. The van der Waals surface area contributed by atoms with Gasteiger partial charge in [-0.15, -0.1) is 0 Å². The maximum absolute atomic E-state index is 12.2. The SMILES string of the molecule is Cc1ccc(C2C3C(=O)C(O)=CC(C3=O)C2C)cc1. The van der Waals surface area contributed by atoms with Crippen LogP contribution < -0.4 is 0 Å². The van der Waals surface area contributed by atoms with E-state index in [4.69, 9.17) is 0 Å². The van der Waals surface area contributed by atoms with Crippen LogP contribution in [0.1, 0.15) is 24.0 Å². The Morgan fingerprint density at radius 2 is 1.74 bits per heavy atom. The zero-order valence-electron chi connectivity index (χ0n) is 11.0. The molecule has 0 saturated heterocycles. The van der Waals surface area contributed by atoms with E-state index in [0.29, 0.717) is 0 Å². The molecule has 1 aromatic rings. The Bertz CT molecular complexity index is 583. The van der Waals surface area contributed by atoms with Crippen molar-refractivity contribution in [2.75, 3.05) is 0 Å². The molecule has 1 N–H and O–H groups in total. The number of fused-ring (bicyclic) bond motifs is 2. The molecule has 4 unspecified atom stereocenters. The summed E-state index contributed by atoms with van der Waals surface area (Å²) in [6.07, 6.45) is 1.43. The van der Waals surface area contributed by atoms with Gasteiger partial charge < -0.3 is 5.11 Å². The number of aliphatic hydroxyl groups is 1. The maximum atomic E-state index is 12.2. The molecule has 2 aliphatic carbocycles. The number of carbonyl (C=O) groups is 2. The average molecular weight is 256 g/mol. The molecule has 19 heavy (non-hydrogen) atoms. The summed E-state index contributed by atoms with van der Waals surface area (Å²) < 4.78 is 0. The monoisotopic (exact) mass is 256 g/mol. The number of hydrogen-bond donors (Lipinski definition) is 1. The highest BCUT2D eigenvalue weighted by atomic mass is 16.3. The highest BCUT2D eigenvalue weighted by Crippen LogP contribution is 2.49. The molecule has 0 amide bonds. The summed E-state index contributed by atoms with van der Waals surface area (Å²) in [7, 11) is 0. The van der Waals surface area contributed by atoms with E-state index in [0.717, 1.165) is 11.1 Å². The molecule has 0 heterocycles. The Morgan fingerprint density at radius 1 is 1.11 bits per heavy atom. The molecule has 0 spiro atoms. The van der Waals surface area contributed by atoms with Gasteiger partial charge in [0.05, 0.1) is 5.92 Å². The lowest BCUT2D eigenvalue weighted by Crippen LogP contribution is -2.30. The number of aliphatic hydroxyl groups excluding tert-OH is 1. The predicted octanol–water partition coefficient (Wildman–Crippen LogP) is 2.55. The quantitative estimate of drug-likeness (QED) is 0.786. The Hall–Kier alpha value is -1.90. The summed E-state index contributed by atoms with van der Waals surface area (Å²) in [6.45, 7) is 3.99. The normalized spacial score (nSPS) is 33.5. The van der Waals surface area contributed by atoms with E-state index in [1.807, 2.05) is 38.1 Å². The van der Waals surface area contributed by atoms with E-state index < -0.39 is 11.7 Å². The van der Waals surface area contributed by atoms with E-state index in [1.165, 1.54) is 6.08 Å². The van der Waals surface area contributed by atoms with Gasteiger partial charge in [0.2, 0.25) is 5.78 Å². The van der Waals surface area contributed by atoms with Crippen LogP contribution in [0.4, 0.5) is 0 Å². The third-order valence-electron chi connectivity index (χ3n) is 4.46. The van der Waals surface area contributed by atoms with Crippen molar-refractivity contribution in [3.8, 4) is 0 Å². The second-order valence-corrected chi connectivity index (χ2v) is 5.62. The van der Waals surface area contributed by atoms with Gasteiger partial charge in [0, 0.05) is 11.8 Å². The van der Waals surface area contributed by atoms with Crippen molar-refractivity contribution in [2.45, 2.75) is 19.8 Å². The smallest absolute Gasteiger partial charge is 0.207 e. The van der Waals surface area contributed by atoms with Crippen LogP contribution in [0.15, 0.2) is 36.1 Å². The summed E-state index contributed by atoms with van der Waals surface area (Å²) in [6, 6.07) is 7.95. The largest absolute Gasteiger partial charge is 0.505 e. The first-order valence-corrected chi connectivity index (χ1v) is 6.56. The topological polar surface area (TPSA) is 54.4 Å². The van der Waals surface area contributed by atoms with Gasteiger partial charge in [0.25, 0.3) is 0 Å². The number of benzene rings is 1. The zero-order valence-corrected chi connectivity index (χ0v) is 11.0. The van der Waals surface area contributed by atoms with Gasteiger partial charge in [0.15, 0.2) is 11.5 Å². The summed E-state index contributed by atoms with van der Waals surface area (Å²) in [5, 5.41) is 9.66. The molecule has 1 aromatic carbocycles. The fraction of sp³-hybridized carbons (Fsp3) is 0.375. The first-order valence-electron chi connectivity index (χ1n) is 6.56. The minimum absolute atomic E-state index is 0.0409. The summed E-state index contributed by atoms with van der Waals surface area (Å²) in [5.41, 5.74) is 2.16. The minimum atomic E-state index is -0.701. The summed E-state index contributed by atoms with van der Waals surface area (Å²) >= 11 is 0. The average Bonchev–Trinajstić information content (AvgIpc) is 2.56. The Morgan fingerprint density at radius 3 is 2.37 bits per heavy atom. The number of Topliss-reactive ketones (excluding diaryl/α,β-unsaturated/α-hetero) is 2. The third-order valence-corrected chi connectivity index (χ3v) is 4.46. The van der Waals surface area contributed by atoms with Gasteiger partial charge in [-0.05, 0) is 24.5 Å². The highest BCUT2D eigenvalue weighted by Gasteiger charge is 2.54. The molecule has 0 aliphatic heterocycles. The summed E-state index contributed by atoms with van der Waals surface area (Å²) in [4.78, 5) is 24.3. The van der Waals surface area contributed by atoms with Crippen LogP contribution in [0.5, 0.6) is 0 Å². The highest BCUT2D eigenvalue weighted by molar-refractivity contribution is 6.15. The van der Waals surface area contributed by atoms with E-state index in [2.05, 4.69) is 0 Å². The fourth-order valence-corrected chi connectivity index (χ4v) is 3.39. The van der Waals surface area contributed by atoms with Crippen LogP contribution in [0.2, 0.25) is 0 Å². The molecular weight excluding hydrogens is 240 g/mol. The molecule has 3 heteroatoms. The van der Waals surface area contributed by atoms with Crippen molar-refractivity contribution >= 4 is 11.6 Å². The molecule has 0 aromatic heterocycles. The van der Waals surface area contributed by atoms with Crippen LogP contribution in [0.25, 0.3) is 0 Å². The minimum Gasteiger partial charge on any atom is -0.505 e. The number of hydrogen-bond acceptors (Lipinski definition) is 3. The molecule has 4 atom stereocenters. The molecule has 3 nitrogen and oxygen atoms in total. The lowest BCUT2D eigenvalue weighted by Gasteiger charge is -2.20. The second kappa shape index (κ2) is 4.05. The van der Waals surface area contributed by atoms with Crippen LogP contribution in [0, 0.1) is 24.7 Å². The van der Waals surface area contributed by atoms with Crippen molar-refractivity contribution < 1.29 is 14.7 Å². The Labute approximate surface area is 111 Å². The zero-order chi connectivity index (χ0) is 13.7. The molecule has 1 fully saturated rings. The molecular formula is C16H16O3. The second-order valence-electron chi connectivity index (χ2n) is 5.62. The van der Waals surface area contributed by atoms with Crippen molar-refractivity contribution in [2.24, 2.45) is 17.8 Å². The van der Waals surface area contributed by atoms with Crippen molar-refractivity contribution in [3.05, 3.63) is 47.2 Å². The van der Waals surface area contributed by atoms with E-state index in [9.17, 15) is 14.7 Å². The molecule has 98 valence electrons. The van der Waals surface area contributed by atoms with Crippen LogP contribution >= 0.6 is 0 Å². The van der Waals surface area contributed by atoms with Crippen molar-refractivity contribution in [1.29, 1.82) is 0 Å². The molecule has 3 rings (SSSR count). The number of ketones is 2. The number of allylic oxidation sites excluding steroid dienone is 2. The molecule has 2 aliphatic rings. The standard InChI is InChI=1S/C16H16O3/c1-8-3-5-10(6-4-8)13-9(2)11-7-12(17)16(19)14(13)15(11)18/h3-7,9,11,13-14,17H,1-2H3. The van der Waals surface area contributed by atoms with Gasteiger partial charge in [-0.1, -0.05) is 36.8 Å². The first kappa shape index (κ1) is 12.2. The van der Waals surface area contributed by atoms with Crippen molar-refractivity contribution in [3.63, 3.8) is 0 Å². The lowest BCUT2D eigenvalue weighted by molar-refractivity contribution is -0.132. The van der Waals surface area contributed by atoms with Gasteiger partial charge >= 0.3 is 0 Å². The molecule has 0 radical (unpaired) electrons. The number of aryl methyl sites for hydroxylation is 1. The molecule has 1 saturated carbocycles. The van der Waals surface area contributed by atoms with E-state index in [1.54, 1.807) is 0 Å². The maximum Gasteiger partial charge on any atom is 0.207 e. The first-order chi connectivity index (χ1) is 9.00. The van der Waals surface area contributed by atoms with E-state index >= 15 is 0 Å². The van der Waals surface area contributed by atoms with Crippen LogP contribution in [-0.2, 0) is 9.59 Å². The van der Waals surface area contributed by atoms with Crippen LogP contribution in [0.3, 0.4) is 0 Å². The fourth-order valence-electron chi connectivity index (χ4n) is 3.39. The third kappa shape index (κ3) is 1.65. The number of rotatable bonds is 1. The molecule has 2 bridgehead atoms. The Kier molecular flexibility index (Phi) is 2.59. The van der Waals surface area contributed by atoms with Gasteiger partial charge in [0.1, 0.15) is 0 Å². The van der Waals surface area contributed by atoms with Gasteiger partial charge in [-0.3, -0.25) is 9.59 Å². The van der Waals surface area contributed by atoms with Crippen LogP contribution in [-0.4, -0.2) is 16.7 Å². The van der Waals surface area contributed by atoms with E-state index in [-0.39, 0.29) is 29.3 Å². The van der Waals surface area contributed by atoms with Crippen molar-refractivity contribution in [1.82, 2.24) is 0 Å². The Balaban J connectivity index is 2.07.